The van der Waals surface area contributed by atoms with Gasteiger partial charge in [-0.3, -0.25) is 4.79 Å². The van der Waals surface area contributed by atoms with Crippen molar-refractivity contribution >= 4 is 33.5 Å². The van der Waals surface area contributed by atoms with E-state index in [9.17, 15) is 18.0 Å². The van der Waals surface area contributed by atoms with Gasteiger partial charge in [0.25, 0.3) is 5.91 Å². The van der Waals surface area contributed by atoms with E-state index in [1.165, 1.54) is 38.3 Å². The van der Waals surface area contributed by atoms with Gasteiger partial charge >= 0.3 is 5.97 Å². The number of benzene rings is 1. The van der Waals surface area contributed by atoms with Crippen molar-refractivity contribution in [1.29, 1.82) is 0 Å². The van der Waals surface area contributed by atoms with Crippen LogP contribution in [0.5, 0.6) is 0 Å². The van der Waals surface area contributed by atoms with Crippen LogP contribution in [0.1, 0.15) is 62.2 Å². The van der Waals surface area contributed by atoms with E-state index in [-0.39, 0.29) is 34.0 Å². The molecule has 10 heteroatoms. The molecule has 0 radical (unpaired) electrons. The molecule has 1 aliphatic heterocycles. The monoisotopic (exact) mass is 486 g/mol. The first-order valence-corrected chi connectivity index (χ1v) is 13.0. The van der Waals surface area contributed by atoms with Crippen molar-refractivity contribution in [2.24, 2.45) is 5.92 Å². The molecule has 0 aromatic heterocycles. The first-order chi connectivity index (χ1) is 15.3. The van der Waals surface area contributed by atoms with Gasteiger partial charge in [0.15, 0.2) is 6.10 Å². The van der Waals surface area contributed by atoms with Gasteiger partial charge in [-0.15, -0.1) is 0 Å². The Labute approximate surface area is 194 Å². The average Bonchev–Trinajstić information content (AvgIpc) is 3.30. The van der Waals surface area contributed by atoms with Crippen molar-refractivity contribution < 1.29 is 27.5 Å². The van der Waals surface area contributed by atoms with E-state index in [0.29, 0.717) is 19.1 Å². The Morgan fingerprint density at radius 3 is 2.59 bits per heavy atom. The third-order valence-corrected chi connectivity index (χ3v) is 7.83. The van der Waals surface area contributed by atoms with Crippen LogP contribution in [0, 0.1) is 5.92 Å². The Morgan fingerprint density at radius 1 is 1.16 bits per heavy atom. The SMILES string of the molecule is CC(OC(=O)c1ccc(Cl)c(S(=O)(=O)NCC2CCCO2)c1)C(=O)NCC1CCCCC1. The number of carbonyl (C=O) groups is 2. The number of ether oxygens (including phenoxy) is 2. The normalized spacial score (nSPS) is 20.6. The highest BCUT2D eigenvalue weighted by molar-refractivity contribution is 7.89. The molecule has 8 nitrogen and oxygen atoms in total. The van der Waals surface area contributed by atoms with Crippen molar-refractivity contribution in [1.82, 2.24) is 10.0 Å². The molecule has 0 spiro atoms. The van der Waals surface area contributed by atoms with Crippen LogP contribution < -0.4 is 10.0 Å². The van der Waals surface area contributed by atoms with E-state index >= 15 is 0 Å². The predicted molar refractivity (Wildman–Crippen MR) is 120 cm³/mol. The average molecular weight is 487 g/mol. The lowest BCUT2D eigenvalue weighted by molar-refractivity contribution is -0.129. The molecule has 0 bridgehead atoms. The fourth-order valence-corrected chi connectivity index (χ4v) is 5.57. The van der Waals surface area contributed by atoms with E-state index in [4.69, 9.17) is 21.1 Å². The highest BCUT2D eigenvalue weighted by atomic mass is 35.5. The highest BCUT2D eigenvalue weighted by Crippen LogP contribution is 2.24. The zero-order valence-electron chi connectivity index (χ0n) is 18.3. The minimum atomic E-state index is -3.95. The molecule has 2 fully saturated rings. The first kappa shape index (κ1) is 25.0. The molecule has 1 heterocycles. The summed E-state index contributed by atoms with van der Waals surface area (Å²) in [6, 6.07) is 3.86. The maximum Gasteiger partial charge on any atom is 0.338 e. The number of nitrogens with one attached hydrogen (secondary N) is 2. The second-order valence-electron chi connectivity index (χ2n) is 8.43. The lowest BCUT2D eigenvalue weighted by atomic mass is 9.89. The lowest BCUT2D eigenvalue weighted by Crippen LogP contribution is -2.38. The topological polar surface area (TPSA) is 111 Å². The molecule has 2 aliphatic rings. The van der Waals surface area contributed by atoms with Crippen LogP contribution in [-0.2, 0) is 24.3 Å². The second-order valence-corrected chi connectivity index (χ2v) is 10.6. The summed E-state index contributed by atoms with van der Waals surface area (Å²) >= 11 is 6.09. The molecule has 1 aromatic carbocycles. The molecule has 2 unspecified atom stereocenters. The van der Waals surface area contributed by atoms with Gasteiger partial charge in [0, 0.05) is 19.7 Å². The molecule has 2 N–H and O–H groups in total. The molecular formula is C22H31ClN2O6S. The maximum atomic E-state index is 12.7. The summed E-state index contributed by atoms with van der Waals surface area (Å²) in [6.07, 6.45) is 6.27. The predicted octanol–water partition coefficient (Wildman–Crippen LogP) is 3.04. The van der Waals surface area contributed by atoms with Gasteiger partial charge in [0.05, 0.1) is 16.7 Å². The molecule has 1 aliphatic carbocycles. The molecule has 1 saturated heterocycles. The quantitative estimate of drug-likeness (QED) is 0.519. The van der Waals surface area contributed by atoms with Gasteiger partial charge < -0.3 is 14.8 Å². The van der Waals surface area contributed by atoms with Gasteiger partial charge in [0.1, 0.15) is 4.90 Å². The smallest absolute Gasteiger partial charge is 0.338 e. The maximum absolute atomic E-state index is 12.7. The van der Waals surface area contributed by atoms with Crippen molar-refractivity contribution in [2.75, 3.05) is 19.7 Å². The fourth-order valence-electron chi connectivity index (χ4n) is 3.98. The minimum Gasteiger partial charge on any atom is -0.449 e. The summed E-state index contributed by atoms with van der Waals surface area (Å²) < 4.78 is 38.5. The number of hydrogen-bond acceptors (Lipinski definition) is 6. The third kappa shape index (κ3) is 6.91. The Kier molecular flexibility index (Phi) is 8.93. The summed E-state index contributed by atoms with van der Waals surface area (Å²) in [7, 11) is -3.95. The Bertz CT molecular complexity index is 911. The Hall–Kier alpha value is -1.68. The second kappa shape index (κ2) is 11.4. The summed E-state index contributed by atoms with van der Waals surface area (Å²) in [4.78, 5) is 24.6. The van der Waals surface area contributed by atoms with E-state index in [2.05, 4.69) is 10.0 Å². The number of halogens is 1. The minimum absolute atomic E-state index is 0.00109. The zero-order valence-corrected chi connectivity index (χ0v) is 19.8. The summed E-state index contributed by atoms with van der Waals surface area (Å²) in [6.45, 7) is 2.80. The van der Waals surface area contributed by atoms with Crippen LogP contribution in [0.15, 0.2) is 23.1 Å². The lowest BCUT2D eigenvalue weighted by Gasteiger charge is -2.22. The summed E-state index contributed by atoms with van der Waals surface area (Å²) in [5.41, 5.74) is -0.00109. The molecule has 178 valence electrons. The third-order valence-electron chi connectivity index (χ3n) is 5.92. The first-order valence-electron chi connectivity index (χ1n) is 11.2. The number of rotatable bonds is 9. The van der Waals surface area contributed by atoms with Crippen molar-refractivity contribution in [3.8, 4) is 0 Å². The van der Waals surface area contributed by atoms with Gasteiger partial charge in [-0.2, -0.15) is 0 Å². The molecule has 1 aromatic rings. The number of amides is 1. The number of hydrogen-bond donors (Lipinski definition) is 2. The van der Waals surface area contributed by atoms with E-state index in [1.54, 1.807) is 0 Å². The van der Waals surface area contributed by atoms with Crippen molar-refractivity contribution in [3.05, 3.63) is 28.8 Å². The fraction of sp³-hybridized carbons (Fsp3) is 0.636. The van der Waals surface area contributed by atoms with Crippen molar-refractivity contribution in [2.45, 2.75) is 69.0 Å². The van der Waals surface area contributed by atoms with Crippen LogP contribution in [0.2, 0.25) is 5.02 Å². The molecule has 3 rings (SSSR count). The number of sulfonamides is 1. The Balaban J connectivity index is 1.57. The zero-order chi connectivity index (χ0) is 23.1. The van der Waals surface area contributed by atoms with Crippen LogP contribution >= 0.6 is 11.6 Å². The van der Waals surface area contributed by atoms with Crippen LogP contribution in [0.25, 0.3) is 0 Å². The van der Waals surface area contributed by atoms with Gasteiger partial charge in [0.2, 0.25) is 10.0 Å². The van der Waals surface area contributed by atoms with Gasteiger partial charge in [-0.25, -0.2) is 17.9 Å². The number of carbonyl (C=O) groups excluding carboxylic acids is 2. The number of esters is 1. The standard InChI is InChI=1S/C22H31ClN2O6S/c1-15(21(26)24-13-16-6-3-2-4-7-16)31-22(27)17-9-10-19(23)20(12-17)32(28,29)25-14-18-8-5-11-30-18/h9-10,12,15-16,18,25H,2-8,11,13-14H2,1H3,(H,24,26). The molecular weight excluding hydrogens is 456 g/mol. The molecule has 1 saturated carbocycles. The summed E-state index contributed by atoms with van der Waals surface area (Å²) in [5.74, 6) is -0.705. The van der Waals surface area contributed by atoms with Crippen LogP contribution in [0.3, 0.4) is 0 Å². The van der Waals surface area contributed by atoms with E-state index < -0.39 is 22.1 Å². The van der Waals surface area contributed by atoms with Crippen molar-refractivity contribution in [3.63, 3.8) is 0 Å². The highest BCUT2D eigenvalue weighted by Gasteiger charge is 2.25. The van der Waals surface area contributed by atoms with Gasteiger partial charge in [-0.05, 0) is 56.7 Å². The van der Waals surface area contributed by atoms with Gasteiger partial charge in [-0.1, -0.05) is 30.9 Å². The molecule has 1 amide bonds. The van der Waals surface area contributed by atoms with Crippen LogP contribution in [-0.4, -0.2) is 52.2 Å². The van der Waals surface area contributed by atoms with E-state index in [0.717, 1.165) is 31.7 Å². The molecule has 2 atom stereocenters. The van der Waals surface area contributed by atoms with Crippen LogP contribution in [0.4, 0.5) is 0 Å². The molecule has 32 heavy (non-hydrogen) atoms. The Morgan fingerprint density at radius 2 is 1.91 bits per heavy atom. The van der Waals surface area contributed by atoms with E-state index in [1.807, 2.05) is 0 Å². The largest absolute Gasteiger partial charge is 0.449 e. The summed E-state index contributed by atoms with van der Waals surface area (Å²) in [5, 5.41) is 2.83.